The number of aldehydes is 1. The molecule has 1 aliphatic carbocycles. The number of hydrogen-bond acceptors (Lipinski definition) is 10. The molecular formula is C26H33ClN2O9. The number of benzene rings is 1. The molecule has 1 saturated heterocycles. The van der Waals surface area contributed by atoms with Gasteiger partial charge in [0.2, 0.25) is 5.60 Å². The molecule has 12 heteroatoms. The summed E-state index contributed by atoms with van der Waals surface area (Å²) in [6.45, 7) is 5.80. The number of methoxy groups -OCH3 is 1. The summed E-state index contributed by atoms with van der Waals surface area (Å²) in [6.07, 6.45) is 4.36. The predicted molar refractivity (Wildman–Crippen MR) is 137 cm³/mol. The van der Waals surface area contributed by atoms with Gasteiger partial charge in [-0.2, -0.15) is 0 Å². The van der Waals surface area contributed by atoms with Gasteiger partial charge in [-0.15, -0.1) is 0 Å². The van der Waals surface area contributed by atoms with Crippen LogP contribution in [0.15, 0.2) is 23.1 Å². The van der Waals surface area contributed by atoms with Crippen molar-refractivity contribution in [2.45, 2.75) is 58.3 Å². The zero-order valence-electron chi connectivity index (χ0n) is 21.9. The van der Waals surface area contributed by atoms with E-state index in [2.05, 4.69) is 5.16 Å². The van der Waals surface area contributed by atoms with Crippen LogP contribution in [-0.4, -0.2) is 62.7 Å². The topological polar surface area (TPSA) is 145 Å². The van der Waals surface area contributed by atoms with Crippen molar-refractivity contribution in [1.82, 2.24) is 0 Å². The largest absolute Gasteiger partial charge is 0.496 e. The van der Waals surface area contributed by atoms with E-state index in [0.29, 0.717) is 18.5 Å². The van der Waals surface area contributed by atoms with Crippen molar-refractivity contribution < 1.29 is 42.9 Å². The molecule has 38 heavy (non-hydrogen) atoms. The maximum Gasteiger partial charge on any atom is 0.367 e. The van der Waals surface area contributed by atoms with Gasteiger partial charge in [-0.05, 0) is 39.2 Å². The molecule has 1 aliphatic heterocycles. The van der Waals surface area contributed by atoms with Gasteiger partial charge in [0, 0.05) is 30.6 Å². The van der Waals surface area contributed by atoms with Gasteiger partial charge in [-0.25, -0.2) is 4.79 Å². The second-order valence-corrected chi connectivity index (χ2v) is 9.49. The Balaban J connectivity index is 1.96. The monoisotopic (exact) mass is 552 g/mol. The Morgan fingerprint density at radius 3 is 2.74 bits per heavy atom. The molecule has 0 spiro atoms. The fourth-order valence-corrected chi connectivity index (χ4v) is 4.52. The van der Waals surface area contributed by atoms with Gasteiger partial charge in [0.05, 0.1) is 24.3 Å². The minimum Gasteiger partial charge on any atom is -0.496 e. The molecule has 1 fully saturated rings. The Labute approximate surface area is 226 Å². The quantitative estimate of drug-likeness (QED) is 0.108. The van der Waals surface area contributed by atoms with Crippen LogP contribution in [0.4, 0.5) is 0 Å². The molecule has 2 N–H and O–H groups in total. The first-order valence-electron chi connectivity index (χ1n) is 12.3. The van der Waals surface area contributed by atoms with Gasteiger partial charge in [-0.3, -0.25) is 9.59 Å². The van der Waals surface area contributed by atoms with E-state index in [-0.39, 0.29) is 65.4 Å². The van der Waals surface area contributed by atoms with Crippen molar-refractivity contribution in [2.24, 2.45) is 16.8 Å². The number of ketones is 1. The number of carbonyl (C=O) groups excluding carboxylic acids is 3. The van der Waals surface area contributed by atoms with Crippen molar-refractivity contribution in [3.63, 3.8) is 0 Å². The number of nitrogens with two attached hydrogens (primary N) is 1. The summed E-state index contributed by atoms with van der Waals surface area (Å²) in [4.78, 5) is 42.3. The number of hydrogen-bond donors (Lipinski definition) is 1. The Kier molecular flexibility index (Phi) is 10.1. The highest BCUT2D eigenvalue weighted by molar-refractivity contribution is 6.35. The second kappa shape index (κ2) is 13.1. The van der Waals surface area contributed by atoms with E-state index in [1.165, 1.54) is 26.2 Å². The SMILES string of the molecule is COC1=CC(=O)C[C@@H](C)[C@]1(C=O)Oc1c(C)c(OCCOC2CCCCO2)cc(C(=O)O/N=C(/C)N)c1Cl. The van der Waals surface area contributed by atoms with Gasteiger partial charge in [0.15, 0.2) is 24.1 Å². The number of rotatable bonds is 11. The molecule has 11 nitrogen and oxygen atoms in total. The fraction of sp³-hybridized carbons (Fsp3) is 0.538. The summed E-state index contributed by atoms with van der Waals surface area (Å²) < 4.78 is 28.8. The molecule has 208 valence electrons. The zero-order valence-corrected chi connectivity index (χ0v) is 22.7. The van der Waals surface area contributed by atoms with Crippen LogP contribution >= 0.6 is 11.6 Å². The highest BCUT2D eigenvalue weighted by Gasteiger charge is 2.48. The number of oxime groups is 1. The van der Waals surface area contributed by atoms with E-state index in [9.17, 15) is 14.4 Å². The van der Waals surface area contributed by atoms with Crippen LogP contribution in [0.3, 0.4) is 0 Å². The van der Waals surface area contributed by atoms with Gasteiger partial charge in [-0.1, -0.05) is 23.7 Å². The number of amidine groups is 1. The lowest BCUT2D eigenvalue weighted by atomic mass is 9.79. The van der Waals surface area contributed by atoms with E-state index >= 15 is 0 Å². The number of carbonyl (C=O) groups is 3. The molecular weight excluding hydrogens is 520 g/mol. The van der Waals surface area contributed by atoms with Crippen molar-refractivity contribution in [1.29, 1.82) is 0 Å². The van der Waals surface area contributed by atoms with Gasteiger partial charge in [0.25, 0.3) is 0 Å². The van der Waals surface area contributed by atoms with Crippen LogP contribution in [0.5, 0.6) is 11.5 Å². The second-order valence-electron chi connectivity index (χ2n) is 9.11. The molecule has 1 unspecified atom stereocenters. The molecule has 1 aromatic rings. The lowest BCUT2D eigenvalue weighted by Gasteiger charge is -2.38. The molecule has 0 radical (unpaired) electrons. The number of halogens is 1. The summed E-state index contributed by atoms with van der Waals surface area (Å²) in [7, 11) is 1.33. The third-order valence-corrected chi connectivity index (χ3v) is 6.65. The zero-order chi connectivity index (χ0) is 27.9. The summed E-state index contributed by atoms with van der Waals surface area (Å²) in [5.41, 5.74) is 4.07. The first-order valence-corrected chi connectivity index (χ1v) is 12.7. The van der Waals surface area contributed by atoms with Crippen LogP contribution in [-0.2, 0) is 28.6 Å². The Hall–Kier alpha value is -3.15. The van der Waals surface area contributed by atoms with Gasteiger partial charge in [0.1, 0.15) is 23.9 Å². The van der Waals surface area contributed by atoms with E-state index in [4.69, 9.17) is 45.9 Å². The number of ether oxygens (including phenoxy) is 5. The summed E-state index contributed by atoms with van der Waals surface area (Å²) in [6, 6.07) is 1.39. The van der Waals surface area contributed by atoms with Crippen molar-refractivity contribution in [3.05, 3.63) is 34.1 Å². The molecule has 3 rings (SSSR count). The lowest BCUT2D eigenvalue weighted by molar-refractivity contribution is -0.165. The molecule has 1 aromatic carbocycles. The first kappa shape index (κ1) is 29.4. The van der Waals surface area contributed by atoms with E-state index in [0.717, 1.165) is 19.3 Å². The van der Waals surface area contributed by atoms with E-state index < -0.39 is 17.5 Å². The predicted octanol–water partition coefficient (Wildman–Crippen LogP) is 3.48. The van der Waals surface area contributed by atoms with Crippen LogP contribution in [0.1, 0.15) is 55.5 Å². The molecule has 0 saturated carbocycles. The Morgan fingerprint density at radius 2 is 2.11 bits per heavy atom. The minimum absolute atomic E-state index is 0.0163. The third kappa shape index (κ3) is 6.64. The molecule has 2 aliphatic rings. The minimum atomic E-state index is -1.68. The Bertz CT molecular complexity index is 1110. The average molecular weight is 553 g/mol. The van der Waals surface area contributed by atoms with Crippen LogP contribution in [0.2, 0.25) is 5.02 Å². The van der Waals surface area contributed by atoms with Gasteiger partial charge < -0.3 is 34.3 Å². The van der Waals surface area contributed by atoms with Crippen LogP contribution in [0.25, 0.3) is 0 Å². The highest BCUT2D eigenvalue weighted by atomic mass is 35.5. The normalized spacial score (nSPS) is 23.9. The molecule has 0 amide bonds. The summed E-state index contributed by atoms with van der Waals surface area (Å²) >= 11 is 6.62. The maximum atomic E-state index is 12.8. The van der Waals surface area contributed by atoms with Crippen molar-refractivity contribution in [2.75, 3.05) is 26.9 Å². The van der Waals surface area contributed by atoms with Crippen molar-refractivity contribution in [3.8, 4) is 11.5 Å². The van der Waals surface area contributed by atoms with Gasteiger partial charge >= 0.3 is 5.97 Å². The fourth-order valence-electron chi connectivity index (χ4n) is 4.21. The van der Waals surface area contributed by atoms with Crippen LogP contribution < -0.4 is 15.2 Å². The standard InChI is InChI=1S/C26H33ClN2O9/c1-15-11-18(31)12-21(33-4)26(15,14-30)37-24-16(2)20(34-9-10-36-22-7-5-6-8-35-22)13-19(23(24)27)25(32)38-29-17(3)28/h12-15,22H,5-11H2,1-4H3,(H2,28,29)/t15-,22?,26+/m1/s1. The number of allylic oxidation sites excluding steroid dienone is 1. The summed E-state index contributed by atoms with van der Waals surface area (Å²) in [5, 5.41) is 3.35. The van der Waals surface area contributed by atoms with Crippen molar-refractivity contribution >= 4 is 35.5 Å². The van der Waals surface area contributed by atoms with E-state index in [1.54, 1.807) is 13.8 Å². The summed E-state index contributed by atoms with van der Waals surface area (Å²) in [5.74, 6) is -1.47. The number of nitrogens with zero attached hydrogens (tertiary/aromatic N) is 1. The molecule has 3 atom stereocenters. The Morgan fingerprint density at radius 1 is 1.34 bits per heavy atom. The third-order valence-electron chi connectivity index (χ3n) is 6.28. The lowest BCUT2D eigenvalue weighted by Crippen LogP contribution is -2.50. The van der Waals surface area contributed by atoms with Crippen LogP contribution in [0, 0.1) is 12.8 Å². The smallest absolute Gasteiger partial charge is 0.367 e. The molecule has 0 bridgehead atoms. The van der Waals surface area contributed by atoms with E-state index in [1.807, 2.05) is 0 Å². The highest BCUT2D eigenvalue weighted by Crippen LogP contribution is 2.44. The molecule has 1 heterocycles. The maximum absolute atomic E-state index is 12.8. The molecule has 0 aromatic heterocycles. The first-order chi connectivity index (χ1) is 18.1. The average Bonchev–Trinajstić information content (AvgIpc) is 2.90.